The summed E-state index contributed by atoms with van der Waals surface area (Å²) < 4.78 is 52.8. The molecule has 0 unspecified atom stereocenters. The number of aliphatic hydroxyl groups is 2. The molecule has 10 atom stereocenters. The zero-order valence-electron chi connectivity index (χ0n) is 28.3. The van der Waals surface area contributed by atoms with Crippen molar-refractivity contribution in [3.8, 4) is 11.5 Å². The van der Waals surface area contributed by atoms with Crippen molar-refractivity contribution in [2.75, 3.05) is 6.61 Å². The van der Waals surface area contributed by atoms with Gasteiger partial charge in [-0.05, 0) is 84.9 Å². The predicted octanol–water partition coefficient (Wildman–Crippen LogP) is 7.70. The minimum Gasteiger partial charge on any atom is -0.457 e. The Morgan fingerprint density at radius 2 is 1.69 bits per heavy atom. The molecule has 1 aliphatic heterocycles. The molecule has 48 heavy (non-hydrogen) atoms. The Morgan fingerprint density at radius 3 is 2.31 bits per heavy atom. The van der Waals surface area contributed by atoms with Gasteiger partial charge in [0, 0.05) is 22.3 Å². The molecule has 0 bridgehead atoms. The highest BCUT2D eigenvalue weighted by molar-refractivity contribution is 5.91. The van der Waals surface area contributed by atoms with Crippen LogP contribution in [0.5, 0.6) is 11.5 Å². The second-order valence-electron chi connectivity index (χ2n) is 16.2. The van der Waals surface area contributed by atoms with Gasteiger partial charge in [-0.3, -0.25) is 4.79 Å². The van der Waals surface area contributed by atoms with E-state index in [1.54, 1.807) is 49.4 Å². The Bertz CT molecular complexity index is 1680. The quantitative estimate of drug-likeness (QED) is 0.331. The molecule has 8 heteroatoms. The van der Waals surface area contributed by atoms with Crippen LogP contribution in [0, 0.1) is 28.1 Å². The molecule has 4 fully saturated rings. The largest absolute Gasteiger partial charge is 0.457 e. The Balaban J connectivity index is 1.15. The molecule has 7 rings (SSSR count). The van der Waals surface area contributed by atoms with E-state index in [2.05, 4.69) is 39.5 Å². The van der Waals surface area contributed by atoms with Crippen LogP contribution in [0.2, 0.25) is 0 Å². The molecule has 5 aliphatic rings. The molecule has 0 amide bonds. The number of halogens is 2. The maximum atomic E-state index is 17.7. The first-order chi connectivity index (χ1) is 22.6. The molecule has 2 aromatic rings. The summed E-state index contributed by atoms with van der Waals surface area (Å²) in [6.07, 6.45) is 1.12. The average Bonchev–Trinajstić information content (AvgIpc) is 3.53. The van der Waals surface area contributed by atoms with E-state index in [4.69, 9.17) is 14.2 Å². The van der Waals surface area contributed by atoms with Crippen LogP contribution in [0.15, 0.2) is 84.5 Å². The molecule has 0 aromatic heterocycles. The summed E-state index contributed by atoms with van der Waals surface area (Å²) in [6.45, 7) is 13.2. The van der Waals surface area contributed by atoms with E-state index in [9.17, 15) is 15.0 Å². The summed E-state index contributed by atoms with van der Waals surface area (Å²) in [5.74, 6) is -0.727. The van der Waals surface area contributed by atoms with Gasteiger partial charge in [0.25, 0.3) is 0 Å². The monoisotopic (exact) mass is 660 g/mol. The van der Waals surface area contributed by atoms with E-state index in [0.29, 0.717) is 22.6 Å². The van der Waals surface area contributed by atoms with Crippen molar-refractivity contribution in [3.63, 3.8) is 0 Å². The highest BCUT2D eigenvalue weighted by atomic mass is 19.1. The van der Waals surface area contributed by atoms with Crippen molar-refractivity contribution in [1.29, 1.82) is 0 Å². The molecule has 256 valence electrons. The summed E-state index contributed by atoms with van der Waals surface area (Å²) >= 11 is 0. The lowest BCUT2D eigenvalue weighted by Gasteiger charge is -2.63. The SMILES string of the molecule is C=C1C=C[C@@]2(C)C(=C1)[C@@H](F)C[C@H]1[C@@H]3C[C@H]4O[C@@H](c5ccc(Oc6ccc(CC(C)(C)C)cc6)cc5)O[C@@]4(C(=O)CO)[C@@]3(C)C[C@H](O)[C@@]12F. The van der Waals surface area contributed by atoms with Gasteiger partial charge in [-0.15, -0.1) is 0 Å². The fraction of sp³-hybridized carbons (Fsp3) is 0.525. The predicted molar refractivity (Wildman–Crippen MR) is 178 cm³/mol. The van der Waals surface area contributed by atoms with Gasteiger partial charge in [0.15, 0.2) is 23.3 Å². The lowest BCUT2D eigenvalue weighted by molar-refractivity contribution is -0.235. The molecule has 6 nitrogen and oxygen atoms in total. The van der Waals surface area contributed by atoms with E-state index in [1.165, 1.54) is 5.56 Å². The minimum absolute atomic E-state index is 0.112. The molecule has 0 spiro atoms. The number of hydrogen-bond acceptors (Lipinski definition) is 6. The Morgan fingerprint density at radius 1 is 1.04 bits per heavy atom. The van der Waals surface area contributed by atoms with E-state index in [-0.39, 0.29) is 30.3 Å². The molecule has 2 N–H and O–H groups in total. The number of Topliss-reactive ketones (excluding diaryl/α,β-unsaturated/α-hetero) is 1. The fourth-order valence-corrected chi connectivity index (χ4v) is 9.90. The smallest absolute Gasteiger partial charge is 0.193 e. The summed E-state index contributed by atoms with van der Waals surface area (Å²) in [5, 5.41) is 22.0. The second kappa shape index (κ2) is 11.2. The molecular weight excluding hydrogens is 614 g/mol. The number of aliphatic hydroxyl groups excluding tert-OH is 2. The third-order valence-electron chi connectivity index (χ3n) is 12.1. The molecule has 1 saturated heterocycles. The van der Waals surface area contributed by atoms with Crippen LogP contribution in [-0.4, -0.2) is 52.3 Å². The number of fused-ring (bicyclic) bond motifs is 7. The molecule has 0 radical (unpaired) electrons. The van der Waals surface area contributed by atoms with Crippen LogP contribution < -0.4 is 4.74 Å². The van der Waals surface area contributed by atoms with Crippen LogP contribution in [0.1, 0.15) is 71.3 Å². The summed E-state index contributed by atoms with van der Waals surface area (Å²) in [7, 11) is 0. The number of carbonyl (C=O) groups excluding carboxylic acids is 1. The average molecular weight is 661 g/mol. The van der Waals surface area contributed by atoms with Crippen LogP contribution in [0.3, 0.4) is 0 Å². The normalized spacial score (nSPS) is 40.0. The molecule has 1 heterocycles. The van der Waals surface area contributed by atoms with Crippen molar-refractivity contribution in [1.82, 2.24) is 0 Å². The van der Waals surface area contributed by atoms with Gasteiger partial charge in [0.1, 0.15) is 24.3 Å². The zero-order valence-corrected chi connectivity index (χ0v) is 28.3. The number of rotatable bonds is 6. The Labute approximate surface area is 281 Å². The number of allylic oxidation sites excluding steroid dienone is 5. The van der Waals surface area contributed by atoms with Gasteiger partial charge >= 0.3 is 0 Å². The Kier molecular flexibility index (Phi) is 7.76. The van der Waals surface area contributed by atoms with Crippen molar-refractivity contribution in [2.24, 2.45) is 28.1 Å². The zero-order chi connectivity index (χ0) is 34.4. The fourth-order valence-electron chi connectivity index (χ4n) is 9.90. The minimum atomic E-state index is -2.19. The standard InChI is InChI=1S/C40H46F2O6/c1-23-15-16-37(5)30(17-23)31(41)18-29-28-19-34-40(33(45)22-43,38(28,6)21-32(44)39(29,37)42)48-35(47-34)25-9-13-27(14-10-25)46-26-11-7-24(8-12-26)20-36(2,3)4/h7-17,28-29,31-32,34-35,43-44H,1,18-22H2,2-6H3/t28-,29-,31-,32-,34+,35+,37-,38-,39-,40+/m0/s1. The highest BCUT2D eigenvalue weighted by Crippen LogP contribution is 2.72. The van der Waals surface area contributed by atoms with Crippen molar-refractivity contribution >= 4 is 5.78 Å². The van der Waals surface area contributed by atoms with Crippen LogP contribution >= 0.6 is 0 Å². The van der Waals surface area contributed by atoms with E-state index in [0.717, 1.165) is 6.42 Å². The van der Waals surface area contributed by atoms with Gasteiger partial charge in [0.2, 0.25) is 0 Å². The van der Waals surface area contributed by atoms with Gasteiger partial charge in [0.05, 0.1) is 12.2 Å². The number of benzene rings is 2. The summed E-state index contributed by atoms with van der Waals surface area (Å²) in [4.78, 5) is 13.8. The van der Waals surface area contributed by atoms with Gasteiger partial charge < -0.3 is 24.4 Å². The van der Waals surface area contributed by atoms with Gasteiger partial charge in [-0.2, -0.15) is 0 Å². The van der Waals surface area contributed by atoms with Crippen molar-refractivity contribution in [3.05, 3.63) is 95.6 Å². The van der Waals surface area contributed by atoms with Gasteiger partial charge in [-0.1, -0.05) is 76.8 Å². The lowest BCUT2D eigenvalue weighted by atomic mass is 9.44. The van der Waals surface area contributed by atoms with E-state index in [1.807, 2.05) is 19.1 Å². The first-order valence-electron chi connectivity index (χ1n) is 17.0. The number of ketones is 1. The number of carbonyl (C=O) groups is 1. The first-order valence-corrected chi connectivity index (χ1v) is 17.0. The number of hydrogen-bond donors (Lipinski definition) is 2. The van der Waals surface area contributed by atoms with Crippen LogP contribution in [0.4, 0.5) is 8.78 Å². The molecule has 2 aromatic carbocycles. The maximum absolute atomic E-state index is 17.7. The van der Waals surface area contributed by atoms with Crippen molar-refractivity contribution in [2.45, 2.75) is 96.2 Å². The summed E-state index contributed by atoms with van der Waals surface area (Å²) in [5.41, 5.74) is -3.41. The third kappa shape index (κ3) is 4.73. The van der Waals surface area contributed by atoms with Gasteiger partial charge in [-0.25, -0.2) is 8.78 Å². The van der Waals surface area contributed by atoms with E-state index < -0.39 is 71.0 Å². The van der Waals surface area contributed by atoms with Crippen LogP contribution in [-0.2, 0) is 20.7 Å². The lowest BCUT2D eigenvalue weighted by Crippen LogP contribution is -2.70. The second-order valence-corrected chi connectivity index (χ2v) is 16.2. The first kappa shape index (κ1) is 33.3. The molecule has 3 saturated carbocycles. The topological polar surface area (TPSA) is 85.2 Å². The Hall–Kier alpha value is -3.17. The summed E-state index contributed by atoms with van der Waals surface area (Å²) in [6, 6.07) is 15.2. The maximum Gasteiger partial charge on any atom is 0.193 e. The third-order valence-corrected chi connectivity index (χ3v) is 12.1. The number of alkyl halides is 2. The number of ether oxygens (including phenoxy) is 3. The molecular formula is C40H46F2O6. The van der Waals surface area contributed by atoms with E-state index >= 15 is 8.78 Å². The molecule has 4 aliphatic carbocycles. The van der Waals surface area contributed by atoms with Crippen molar-refractivity contribution < 1.29 is 38.0 Å². The highest BCUT2D eigenvalue weighted by Gasteiger charge is 2.80. The van der Waals surface area contributed by atoms with Crippen LogP contribution in [0.25, 0.3) is 0 Å².